The average molecular weight is 390 g/mol. The molecule has 1 aromatic heterocycles. The predicted octanol–water partition coefficient (Wildman–Crippen LogP) is 2.75. The van der Waals surface area contributed by atoms with Gasteiger partial charge in [0.25, 0.3) is 0 Å². The van der Waals surface area contributed by atoms with E-state index in [2.05, 4.69) is 10.3 Å². The van der Waals surface area contributed by atoms with Gasteiger partial charge in [-0.2, -0.15) is 15.8 Å². The van der Waals surface area contributed by atoms with Crippen molar-refractivity contribution in [2.24, 2.45) is 0 Å². The molecule has 9 heteroatoms. The number of allylic oxidation sites excluding steroid dienone is 1. The number of anilines is 2. The Labute approximate surface area is 164 Å². The molecule has 1 aromatic carbocycles. The Morgan fingerprint density at radius 2 is 1.85 bits per heavy atom. The lowest BCUT2D eigenvalue weighted by molar-refractivity contribution is 1.02. The molecule has 0 amide bonds. The van der Waals surface area contributed by atoms with Crippen LogP contribution in [0.2, 0.25) is 0 Å². The van der Waals surface area contributed by atoms with E-state index in [0.29, 0.717) is 16.5 Å². The molecular weight excluding hydrogens is 380 g/mol. The van der Waals surface area contributed by atoms with Gasteiger partial charge < -0.3 is 10.3 Å². The van der Waals surface area contributed by atoms with Crippen LogP contribution in [0.15, 0.2) is 45.7 Å². The first-order valence-electron chi connectivity index (χ1n) is 7.52. The molecule has 1 aliphatic rings. The number of thioether (sulfide) groups is 1. The van der Waals surface area contributed by atoms with Crippen molar-refractivity contribution in [3.8, 4) is 18.2 Å². The maximum Gasteiger partial charge on any atom is 0.212 e. The van der Waals surface area contributed by atoms with Gasteiger partial charge in [0.2, 0.25) is 5.43 Å². The third kappa shape index (κ3) is 2.94. The number of aromatic nitrogens is 1. The standard InChI is InChI=1S/C18H10N6OS2/c1-27-17-12(9-21)15(25)13-14(10(7-19)8-20)22-18(26)24(16(13)23-17)11-5-3-2-4-6-11/h2-6H,1H3,(H,22,26)(H,23,25). The van der Waals surface area contributed by atoms with Crippen molar-refractivity contribution in [1.82, 2.24) is 10.3 Å². The van der Waals surface area contributed by atoms with Crippen molar-refractivity contribution in [1.29, 1.82) is 15.8 Å². The van der Waals surface area contributed by atoms with Gasteiger partial charge in [0.1, 0.15) is 29.6 Å². The quantitative estimate of drug-likeness (QED) is 0.456. The Hall–Kier alpha value is -3.58. The molecule has 2 aromatic rings. The number of aromatic amines is 1. The Morgan fingerprint density at radius 3 is 2.41 bits per heavy atom. The molecule has 0 unspecified atom stereocenters. The fourth-order valence-corrected chi connectivity index (χ4v) is 3.54. The Balaban J connectivity index is 2.46. The zero-order chi connectivity index (χ0) is 19.6. The molecule has 1 aliphatic heterocycles. The highest BCUT2D eigenvalue weighted by molar-refractivity contribution is 7.98. The van der Waals surface area contributed by atoms with Crippen LogP contribution in [-0.2, 0) is 0 Å². The summed E-state index contributed by atoms with van der Waals surface area (Å²) in [5.41, 5.74) is -0.255. The molecule has 0 fully saturated rings. The summed E-state index contributed by atoms with van der Waals surface area (Å²) in [6, 6.07) is 14.5. The summed E-state index contributed by atoms with van der Waals surface area (Å²) in [6.07, 6.45) is 1.73. The van der Waals surface area contributed by atoms with E-state index in [1.807, 2.05) is 24.3 Å². The van der Waals surface area contributed by atoms with E-state index >= 15 is 0 Å². The molecule has 0 spiro atoms. The minimum atomic E-state index is -0.579. The molecule has 2 N–H and O–H groups in total. The van der Waals surface area contributed by atoms with Gasteiger partial charge in [0.15, 0.2) is 10.7 Å². The van der Waals surface area contributed by atoms with Crippen LogP contribution >= 0.6 is 24.0 Å². The number of nitriles is 3. The van der Waals surface area contributed by atoms with E-state index in [0.717, 1.165) is 0 Å². The van der Waals surface area contributed by atoms with Crippen molar-refractivity contribution in [3.63, 3.8) is 0 Å². The molecule has 2 heterocycles. The van der Waals surface area contributed by atoms with Gasteiger partial charge in [-0.15, -0.1) is 11.8 Å². The second kappa shape index (κ2) is 7.35. The van der Waals surface area contributed by atoms with Crippen LogP contribution in [0, 0.1) is 34.0 Å². The number of pyridine rings is 1. The lowest BCUT2D eigenvalue weighted by atomic mass is 10.0. The van der Waals surface area contributed by atoms with Crippen LogP contribution in [0.1, 0.15) is 11.1 Å². The van der Waals surface area contributed by atoms with E-state index in [1.165, 1.54) is 11.8 Å². The number of hydrogen-bond donors (Lipinski definition) is 2. The first-order valence-corrected chi connectivity index (χ1v) is 9.16. The van der Waals surface area contributed by atoms with Crippen LogP contribution in [-0.4, -0.2) is 16.4 Å². The van der Waals surface area contributed by atoms with Crippen molar-refractivity contribution in [2.45, 2.75) is 5.03 Å². The van der Waals surface area contributed by atoms with E-state index in [9.17, 15) is 20.6 Å². The Morgan fingerprint density at radius 1 is 1.19 bits per heavy atom. The normalized spacial score (nSPS) is 12.3. The number of thiocarbonyl (C=S) groups is 1. The third-order valence-electron chi connectivity index (χ3n) is 3.86. The SMILES string of the molecule is CSc1[nH]c2c(c(=O)c1C#N)C(=C(C#N)C#N)NC(=S)N2c1ccccc1. The second-order valence-electron chi connectivity index (χ2n) is 5.27. The summed E-state index contributed by atoms with van der Waals surface area (Å²) in [7, 11) is 0. The van der Waals surface area contributed by atoms with Gasteiger partial charge in [-0.25, -0.2) is 0 Å². The lowest BCUT2D eigenvalue weighted by Crippen LogP contribution is -2.44. The molecular formula is C18H10N6OS2. The van der Waals surface area contributed by atoms with E-state index < -0.39 is 5.43 Å². The van der Waals surface area contributed by atoms with Crippen molar-refractivity contribution in [3.05, 3.63) is 57.3 Å². The van der Waals surface area contributed by atoms with Gasteiger partial charge in [-0.3, -0.25) is 9.69 Å². The number of para-hydroxylation sites is 1. The van der Waals surface area contributed by atoms with Crippen LogP contribution in [0.25, 0.3) is 5.70 Å². The summed E-state index contributed by atoms with van der Waals surface area (Å²) in [5.74, 6) is 0.302. The van der Waals surface area contributed by atoms with Crippen molar-refractivity contribution < 1.29 is 0 Å². The summed E-state index contributed by atoms with van der Waals surface area (Å²) < 4.78 is 0. The summed E-state index contributed by atoms with van der Waals surface area (Å²) >= 11 is 6.64. The zero-order valence-electron chi connectivity index (χ0n) is 13.9. The van der Waals surface area contributed by atoms with E-state index in [1.54, 1.807) is 35.4 Å². The number of H-pyrrole nitrogens is 1. The molecule has 0 saturated carbocycles. The fourth-order valence-electron chi connectivity index (χ4n) is 2.70. The first-order chi connectivity index (χ1) is 13.1. The number of nitrogens with zero attached hydrogens (tertiary/aromatic N) is 4. The molecule has 0 aliphatic carbocycles. The Bertz CT molecular complexity index is 1150. The van der Waals surface area contributed by atoms with Gasteiger partial charge >= 0.3 is 0 Å². The number of benzene rings is 1. The lowest BCUT2D eigenvalue weighted by Gasteiger charge is -2.33. The third-order valence-corrected chi connectivity index (χ3v) is 4.86. The maximum atomic E-state index is 13.0. The van der Waals surface area contributed by atoms with Crippen molar-refractivity contribution in [2.75, 3.05) is 11.2 Å². The molecule has 7 nitrogen and oxygen atoms in total. The van der Waals surface area contributed by atoms with Gasteiger partial charge in [-0.1, -0.05) is 18.2 Å². The number of hydrogen-bond acceptors (Lipinski definition) is 6. The average Bonchev–Trinajstić information content (AvgIpc) is 2.69. The molecule has 3 rings (SSSR count). The van der Waals surface area contributed by atoms with Crippen LogP contribution in [0.5, 0.6) is 0 Å². The monoisotopic (exact) mass is 390 g/mol. The second-order valence-corrected chi connectivity index (χ2v) is 6.48. The van der Waals surface area contributed by atoms with Crippen LogP contribution in [0.3, 0.4) is 0 Å². The minimum Gasteiger partial charge on any atom is -0.334 e. The number of rotatable bonds is 2. The number of nitrogens with one attached hydrogen (secondary N) is 2. The van der Waals surface area contributed by atoms with Gasteiger partial charge in [-0.05, 0) is 30.6 Å². The summed E-state index contributed by atoms with van der Waals surface area (Å²) in [4.78, 5) is 17.7. The summed E-state index contributed by atoms with van der Waals surface area (Å²) in [5, 5.41) is 31.4. The first kappa shape index (κ1) is 18.2. The highest BCUT2D eigenvalue weighted by atomic mass is 32.2. The summed E-state index contributed by atoms with van der Waals surface area (Å²) in [6.45, 7) is 0. The molecule has 130 valence electrons. The highest BCUT2D eigenvalue weighted by Gasteiger charge is 2.33. The Kier molecular flexibility index (Phi) is 4.96. The highest BCUT2D eigenvalue weighted by Crippen LogP contribution is 2.35. The van der Waals surface area contributed by atoms with E-state index in [-0.39, 0.29) is 27.5 Å². The zero-order valence-corrected chi connectivity index (χ0v) is 15.5. The molecule has 27 heavy (non-hydrogen) atoms. The van der Waals surface area contributed by atoms with Gasteiger partial charge in [0, 0.05) is 5.69 Å². The molecule has 0 bridgehead atoms. The van der Waals surface area contributed by atoms with Crippen LogP contribution < -0.4 is 15.6 Å². The van der Waals surface area contributed by atoms with Crippen molar-refractivity contribution >= 4 is 46.3 Å². The van der Waals surface area contributed by atoms with Crippen LogP contribution in [0.4, 0.5) is 11.5 Å². The molecule has 0 radical (unpaired) electrons. The minimum absolute atomic E-state index is 0.00224. The maximum absolute atomic E-state index is 13.0. The predicted molar refractivity (Wildman–Crippen MR) is 106 cm³/mol. The number of fused-ring (bicyclic) bond motifs is 1. The molecule has 0 atom stereocenters. The van der Waals surface area contributed by atoms with Gasteiger partial charge in [0.05, 0.1) is 16.3 Å². The topological polar surface area (TPSA) is 119 Å². The smallest absolute Gasteiger partial charge is 0.212 e. The van der Waals surface area contributed by atoms with E-state index in [4.69, 9.17) is 12.2 Å². The fraction of sp³-hybridized carbons (Fsp3) is 0.0556. The molecule has 0 saturated heterocycles. The largest absolute Gasteiger partial charge is 0.334 e.